The molecule has 0 N–H and O–H groups in total. The number of nitrogens with zero attached hydrogens (tertiary/aromatic N) is 4. The van der Waals surface area contributed by atoms with Crippen molar-refractivity contribution < 1.29 is 22.1 Å². The molecule has 0 atom stereocenters. The van der Waals surface area contributed by atoms with Gasteiger partial charge in [-0.05, 0) is 13.0 Å². The van der Waals surface area contributed by atoms with Crippen LogP contribution < -0.4 is 0 Å². The summed E-state index contributed by atoms with van der Waals surface area (Å²) >= 11 is 5.88. The number of alkyl halides is 2. The highest BCUT2D eigenvalue weighted by Gasteiger charge is 2.27. The maximum atomic E-state index is 12.8. The lowest BCUT2D eigenvalue weighted by Gasteiger charge is -2.18. The van der Waals surface area contributed by atoms with E-state index in [1.807, 2.05) is 0 Å². The Balaban J connectivity index is 2.41. The second-order valence-corrected chi connectivity index (χ2v) is 7.55. The molecule has 2 rings (SSSR count). The van der Waals surface area contributed by atoms with Gasteiger partial charge in [-0.2, -0.15) is 13.1 Å². The Bertz CT molecular complexity index is 917. The number of hydrogen-bond acceptors (Lipinski definition) is 5. The summed E-state index contributed by atoms with van der Waals surface area (Å²) in [5.41, 5.74) is -0.324. The van der Waals surface area contributed by atoms with Crippen LogP contribution in [-0.4, -0.2) is 34.2 Å². The van der Waals surface area contributed by atoms with Gasteiger partial charge in [0.1, 0.15) is 5.82 Å². The molecule has 0 aliphatic carbocycles. The van der Waals surface area contributed by atoms with Gasteiger partial charge in [0.25, 0.3) is 5.69 Å². The molecular formula is C13H13ClF2N4O4S. The second-order valence-electron chi connectivity index (χ2n) is 5.10. The molecule has 8 nitrogen and oxygen atoms in total. The third-order valence-electron chi connectivity index (χ3n) is 3.52. The molecule has 0 saturated heterocycles. The Labute approximate surface area is 146 Å². The van der Waals surface area contributed by atoms with Crippen molar-refractivity contribution in [2.75, 3.05) is 7.05 Å². The number of imidazole rings is 1. The average molecular weight is 395 g/mol. The number of rotatable bonds is 6. The maximum Gasteiger partial charge on any atom is 0.319 e. The Kier molecular flexibility index (Phi) is 5.40. The van der Waals surface area contributed by atoms with Crippen molar-refractivity contribution in [3.8, 4) is 0 Å². The zero-order valence-corrected chi connectivity index (χ0v) is 14.6. The van der Waals surface area contributed by atoms with Crippen molar-refractivity contribution in [3.63, 3.8) is 0 Å². The fourth-order valence-corrected chi connectivity index (χ4v) is 3.54. The van der Waals surface area contributed by atoms with Crippen LogP contribution in [0, 0.1) is 17.0 Å². The summed E-state index contributed by atoms with van der Waals surface area (Å²) in [5, 5.41) is 11.0. The van der Waals surface area contributed by atoms with Crippen molar-refractivity contribution in [2.24, 2.45) is 0 Å². The van der Waals surface area contributed by atoms with Crippen LogP contribution >= 0.6 is 11.6 Å². The van der Waals surface area contributed by atoms with Gasteiger partial charge >= 0.3 is 6.55 Å². The molecule has 136 valence electrons. The predicted molar refractivity (Wildman–Crippen MR) is 85.0 cm³/mol. The van der Waals surface area contributed by atoms with Gasteiger partial charge in [-0.3, -0.25) is 14.7 Å². The molecule has 0 aliphatic rings. The topological polar surface area (TPSA) is 98.3 Å². The number of nitro benzene ring substituents is 1. The van der Waals surface area contributed by atoms with Gasteiger partial charge in [-0.1, -0.05) is 11.6 Å². The molecule has 0 unspecified atom stereocenters. The predicted octanol–water partition coefficient (Wildman–Crippen LogP) is 2.97. The zero-order chi connectivity index (χ0) is 18.9. The van der Waals surface area contributed by atoms with Crippen LogP contribution in [-0.2, 0) is 16.6 Å². The van der Waals surface area contributed by atoms with Crippen LogP contribution in [0.3, 0.4) is 0 Å². The first-order valence-corrected chi connectivity index (χ1v) is 8.58. The highest BCUT2D eigenvalue weighted by Crippen LogP contribution is 2.31. The molecule has 0 spiro atoms. The summed E-state index contributed by atoms with van der Waals surface area (Å²) in [5.74, 6) is -0.172. The molecule has 1 aromatic carbocycles. The molecule has 0 bridgehead atoms. The Morgan fingerprint density at radius 3 is 2.64 bits per heavy atom. The number of aromatic nitrogens is 2. The summed E-state index contributed by atoms with van der Waals surface area (Å²) in [6.45, 7) is -1.93. The smallest absolute Gasteiger partial charge is 0.277 e. The van der Waals surface area contributed by atoms with E-state index in [2.05, 4.69) is 4.98 Å². The molecule has 0 radical (unpaired) electrons. The number of halogens is 3. The van der Waals surface area contributed by atoms with Crippen LogP contribution in [0.5, 0.6) is 0 Å². The summed E-state index contributed by atoms with van der Waals surface area (Å²) in [6.07, 6.45) is 2.14. The second kappa shape index (κ2) is 7.02. The van der Waals surface area contributed by atoms with E-state index in [0.29, 0.717) is 4.57 Å². The third kappa shape index (κ3) is 3.78. The van der Waals surface area contributed by atoms with Crippen molar-refractivity contribution in [3.05, 3.63) is 51.1 Å². The van der Waals surface area contributed by atoms with E-state index in [9.17, 15) is 27.3 Å². The quantitative estimate of drug-likeness (QED) is 0.554. The van der Waals surface area contributed by atoms with Gasteiger partial charge in [0.15, 0.2) is 0 Å². The lowest BCUT2D eigenvalue weighted by Crippen LogP contribution is -2.28. The van der Waals surface area contributed by atoms with Crippen molar-refractivity contribution >= 4 is 27.3 Å². The van der Waals surface area contributed by atoms with Crippen LogP contribution in [0.4, 0.5) is 14.5 Å². The SMILES string of the molecule is Cc1c(Cl)cc(S(=O)(=O)N(C)Cc2nccn2C(F)F)cc1[N+](=O)[O-]. The molecule has 0 aliphatic heterocycles. The van der Waals surface area contributed by atoms with Gasteiger partial charge in [-0.15, -0.1) is 0 Å². The largest absolute Gasteiger partial charge is 0.319 e. The van der Waals surface area contributed by atoms with E-state index in [4.69, 9.17) is 11.6 Å². The van der Waals surface area contributed by atoms with Crippen molar-refractivity contribution in [1.29, 1.82) is 0 Å². The number of benzene rings is 1. The average Bonchev–Trinajstić information content (AvgIpc) is 2.97. The van der Waals surface area contributed by atoms with Gasteiger partial charge in [-0.25, -0.2) is 13.4 Å². The zero-order valence-electron chi connectivity index (χ0n) is 13.1. The third-order valence-corrected chi connectivity index (χ3v) is 5.69. The number of nitro groups is 1. The van der Waals surface area contributed by atoms with Gasteiger partial charge in [0.2, 0.25) is 10.0 Å². The molecular weight excluding hydrogens is 382 g/mol. The van der Waals surface area contributed by atoms with Crippen LogP contribution in [0.15, 0.2) is 29.4 Å². The van der Waals surface area contributed by atoms with E-state index >= 15 is 0 Å². The first-order chi connectivity index (χ1) is 11.6. The van der Waals surface area contributed by atoms with E-state index in [1.54, 1.807) is 0 Å². The fraction of sp³-hybridized carbons (Fsp3) is 0.308. The Morgan fingerprint density at radius 2 is 2.08 bits per heavy atom. The summed E-state index contributed by atoms with van der Waals surface area (Å²) < 4.78 is 52.1. The maximum absolute atomic E-state index is 12.8. The lowest BCUT2D eigenvalue weighted by molar-refractivity contribution is -0.385. The monoisotopic (exact) mass is 394 g/mol. The molecule has 1 aromatic heterocycles. The molecule has 2 aromatic rings. The van der Waals surface area contributed by atoms with E-state index in [-0.39, 0.29) is 16.4 Å². The highest BCUT2D eigenvalue weighted by atomic mass is 35.5. The molecule has 12 heteroatoms. The van der Waals surface area contributed by atoms with Crippen LogP contribution in [0.1, 0.15) is 17.9 Å². The van der Waals surface area contributed by atoms with Crippen molar-refractivity contribution in [1.82, 2.24) is 13.9 Å². The first kappa shape index (κ1) is 19.2. The minimum absolute atomic E-state index is 0.0877. The lowest BCUT2D eigenvalue weighted by atomic mass is 10.2. The first-order valence-electron chi connectivity index (χ1n) is 6.76. The Morgan fingerprint density at radius 1 is 1.44 bits per heavy atom. The normalized spacial score (nSPS) is 12.1. The van der Waals surface area contributed by atoms with E-state index in [0.717, 1.165) is 35.9 Å². The van der Waals surface area contributed by atoms with Gasteiger partial charge in [0, 0.05) is 31.1 Å². The Hall–Kier alpha value is -2.11. The minimum Gasteiger partial charge on any atom is -0.277 e. The highest BCUT2D eigenvalue weighted by molar-refractivity contribution is 7.89. The summed E-state index contributed by atoms with van der Waals surface area (Å²) in [6, 6.07) is 1.96. The summed E-state index contributed by atoms with van der Waals surface area (Å²) in [7, 11) is -3.05. The van der Waals surface area contributed by atoms with E-state index in [1.165, 1.54) is 6.92 Å². The standard InChI is InChI=1S/C13H13ClF2N4O4S/c1-8-10(14)5-9(6-11(8)20(21)22)25(23,24)18(2)7-12-17-3-4-19(12)13(15)16/h3-6,13H,7H2,1-2H3. The van der Waals surface area contributed by atoms with Gasteiger partial charge in [0.05, 0.1) is 21.4 Å². The summed E-state index contributed by atoms with van der Waals surface area (Å²) in [4.78, 5) is 13.6. The van der Waals surface area contributed by atoms with E-state index < -0.39 is 38.6 Å². The number of hydrogen-bond donors (Lipinski definition) is 0. The minimum atomic E-state index is -4.21. The van der Waals surface area contributed by atoms with Gasteiger partial charge < -0.3 is 0 Å². The molecule has 0 fully saturated rings. The van der Waals surface area contributed by atoms with Crippen LogP contribution in [0.25, 0.3) is 0 Å². The van der Waals surface area contributed by atoms with Crippen LogP contribution in [0.2, 0.25) is 5.02 Å². The van der Waals surface area contributed by atoms with Crippen molar-refractivity contribution in [2.45, 2.75) is 24.9 Å². The molecule has 0 amide bonds. The molecule has 0 saturated carbocycles. The molecule has 1 heterocycles. The number of sulfonamides is 1. The fourth-order valence-electron chi connectivity index (χ4n) is 2.09. The molecule has 25 heavy (non-hydrogen) atoms.